The highest BCUT2D eigenvalue weighted by molar-refractivity contribution is 9.10. The number of hydrogen-bond acceptors (Lipinski definition) is 6. The minimum Gasteiger partial charge on any atom is -0.494 e. The lowest BCUT2D eigenvalue weighted by molar-refractivity contribution is -0.130. The van der Waals surface area contributed by atoms with E-state index in [9.17, 15) is 9.18 Å². The Morgan fingerprint density at radius 3 is 2.50 bits per heavy atom. The molecule has 0 unspecified atom stereocenters. The fraction of sp³-hybridized carbons (Fsp3) is 0.212. The summed E-state index contributed by atoms with van der Waals surface area (Å²) in [5.41, 5.74) is 7.46. The Kier molecular flexibility index (Phi) is 9.63. The van der Waals surface area contributed by atoms with Crippen LogP contribution < -0.4 is 15.6 Å². The normalized spacial score (nSPS) is 17.8. The Labute approximate surface area is 252 Å². The molecule has 0 aromatic heterocycles. The average Bonchev–Trinajstić information content (AvgIpc) is 3.40. The van der Waals surface area contributed by atoms with Gasteiger partial charge in [-0.15, -0.1) is 0 Å². The number of aliphatic imine (C=N–C) groups is 1. The van der Waals surface area contributed by atoms with Crippen molar-refractivity contribution in [3.63, 3.8) is 0 Å². The van der Waals surface area contributed by atoms with Gasteiger partial charge < -0.3 is 14.6 Å². The second-order valence-corrected chi connectivity index (χ2v) is 10.8. The van der Waals surface area contributed by atoms with E-state index < -0.39 is 11.6 Å². The van der Waals surface area contributed by atoms with Gasteiger partial charge in [0.2, 0.25) is 5.90 Å². The number of carbonyl (C=O) groups excluding carboxylic acids is 1. The molecule has 1 amide bonds. The Hall–Kier alpha value is -4.05. The molecule has 5 rings (SSSR count). The average molecular weight is 633 g/mol. The van der Waals surface area contributed by atoms with Gasteiger partial charge in [-0.3, -0.25) is 10.2 Å². The zero-order valence-corrected chi connectivity index (χ0v) is 24.4. The first-order valence-corrected chi connectivity index (χ1v) is 14.4. The second kappa shape index (κ2) is 13.7. The number of aliphatic hydroxyl groups excluding tert-OH is 1. The molecule has 4 aromatic rings. The molecule has 0 spiro atoms. The van der Waals surface area contributed by atoms with Gasteiger partial charge in [0, 0.05) is 36.0 Å². The van der Waals surface area contributed by atoms with Crippen LogP contribution in [0.15, 0.2) is 113 Å². The number of carbonyl (C=O) groups is 1. The van der Waals surface area contributed by atoms with Crippen LogP contribution in [0.4, 0.5) is 4.39 Å². The van der Waals surface area contributed by atoms with E-state index in [-0.39, 0.29) is 31.3 Å². The molecular formula is C33H31BrFN3O4. The molecule has 0 bridgehead atoms. The van der Waals surface area contributed by atoms with Crippen molar-refractivity contribution in [1.82, 2.24) is 10.9 Å². The van der Waals surface area contributed by atoms with E-state index in [2.05, 4.69) is 26.8 Å². The van der Waals surface area contributed by atoms with Crippen LogP contribution in [0.3, 0.4) is 0 Å². The van der Waals surface area contributed by atoms with Gasteiger partial charge in [0.1, 0.15) is 11.6 Å². The molecule has 3 N–H and O–H groups in total. The molecule has 0 saturated carbocycles. The molecule has 1 aliphatic heterocycles. The summed E-state index contributed by atoms with van der Waals surface area (Å²) < 4.78 is 26.8. The molecule has 0 fully saturated rings. The lowest BCUT2D eigenvalue weighted by atomic mass is 9.82. The van der Waals surface area contributed by atoms with Crippen LogP contribution in [-0.4, -0.2) is 35.7 Å². The van der Waals surface area contributed by atoms with Crippen LogP contribution in [-0.2, 0) is 22.5 Å². The number of amides is 1. The van der Waals surface area contributed by atoms with Crippen LogP contribution in [0.25, 0.3) is 0 Å². The van der Waals surface area contributed by atoms with Crippen molar-refractivity contribution in [3.05, 3.63) is 136 Å². The molecule has 42 heavy (non-hydrogen) atoms. The van der Waals surface area contributed by atoms with Crippen molar-refractivity contribution < 1.29 is 23.8 Å². The molecule has 1 heterocycles. The number of hydrogen-bond donors (Lipinski definition) is 3. The van der Waals surface area contributed by atoms with Crippen LogP contribution >= 0.6 is 15.9 Å². The SMILES string of the molecule is O=C(NNCc1cccc(F)c1)[C@@]1(Cc2ccccc2Br)N=C(c2ccc(OCCCO)cc2)O[C@H]1c1ccccc1. The molecule has 4 aromatic carbocycles. The Bertz CT molecular complexity index is 1530. The van der Waals surface area contributed by atoms with E-state index in [1.165, 1.54) is 12.1 Å². The molecule has 2 atom stereocenters. The van der Waals surface area contributed by atoms with Gasteiger partial charge in [0.05, 0.1) is 6.61 Å². The van der Waals surface area contributed by atoms with Crippen LogP contribution in [0.2, 0.25) is 0 Å². The number of halogens is 2. The maximum absolute atomic E-state index is 14.2. The van der Waals surface area contributed by atoms with Gasteiger partial charge in [0.25, 0.3) is 5.91 Å². The summed E-state index contributed by atoms with van der Waals surface area (Å²) in [6.07, 6.45) is 0.0427. The van der Waals surface area contributed by atoms with Gasteiger partial charge in [-0.25, -0.2) is 14.8 Å². The predicted molar refractivity (Wildman–Crippen MR) is 162 cm³/mol. The maximum Gasteiger partial charge on any atom is 0.266 e. The number of nitrogens with one attached hydrogen (secondary N) is 2. The summed E-state index contributed by atoms with van der Waals surface area (Å²) in [4.78, 5) is 19.2. The van der Waals surface area contributed by atoms with Gasteiger partial charge in [-0.05, 0) is 59.2 Å². The van der Waals surface area contributed by atoms with Crippen molar-refractivity contribution in [3.8, 4) is 5.75 Å². The highest BCUT2D eigenvalue weighted by Crippen LogP contribution is 2.43. The van der Waals surface area contributed by atoms with Crippen LogP contribution in [0, 0.1) is 5.82 Å². The largest absolute Gasteiger partial charge is 0.494 e. The molecule has 1 aliphatic rings. The zero-order valence-electron chi connectivity index (χ0n) is 22.8. The first-order valence-electron chi connectivity index (χ1n) is 13.7. The molecule has 9 heteroatoms. The highest BCUT2D eigenvalue weighted by Gasteiger charge is 2.53. The van der Waals surface area contributed by atoms with E-state index in [1.54, 1.807) is 12.1 Å². The molecule has 7 nitrogen and oxygen atoms in total. The highest BCUT2D eigenvalue weighted by atomic mass is 79.9. The van der Waals surface area contributed by atoms with Gasteiger partial charge in [0.15, 0.2) is 11.6 Å². The van der Waals surface area contributed by atoms with E-state index in [0.29, 0.717) is 35.8 Å². The molecule has 0 radical (unpaired) electrons. The van der Waals surface area contributed by atoms with Crippen LogP contribution in [0.1, 0.15) is 34.8 Å². The molecule has 216 valence electrons. The summed E-state index contributed by atoms with van der Waals surface area (Å²) in [7, 11) is 0. The predicted octanol–water partition coefficient (Wildman–Crippen LogP) is 5.67. The van der Waals surface area contributed by atoms with Gasteiger partial charge >= 0.3 is 0 Å². The van der Waals surface area contributed by atoms with Gasteiger partial charge in [-0.2, -0.15) is 0 Å². The van der Waals surface area contributed by atoms with E-state index >= 15 is 0 Å². The fourth-order valence-electron chi connectivity index (χ4n) is 4.82. The van der Waals surface area contributed by atoms with Crippen molar-refractivity contribution in [1.29, 1.82) is 0 Å². The Morgan fingerprint density at radius 2 is 1.76 bits per heavy atom. The lowest BCUT2D eigenvalue weighted by Gasteiger charge is -2.31. The van der Waals surface area contributed by atoms with Crippen molar-refractivity contribution in [2.75, 3.05) is 13.2 Å². The summed E-state index contributed by atoms with van der Waals surface area (Å²) in [5, 5.41) is 9.02. The van der Waals surface area contributed by atoms with E-state index in [1.807, 2.05) is 78.9 Å². The molecular weight excluding hydrogens is 601 g/mol. The van der Waals surface area contributed by atoms with E-state index in [0.717, 1.165) is 15.6 Å². The number of hydrazine groups is 1. The Morgan fingerprint density at radius 1 is 1.00 bits per heavy atom. The summed E-state index contributed by atoms with van der Waals surface area (Å²) in [6.45, 7) is 0.684. The number of ether oxygens (including phenoxy) is 2. The number of rotatable bonds is 12. The summed E-state index contributed by atoms with van der Waals surface area (Å²) in [5.74, 6) is 0.253. The van der Waals surface area contributed by atoms with Gasteiger partial charge in [-0.1, -0.05) is 76.6 Å². The number of aliphatic hydroxyl groups is 1. The quantitative estimate of drug-likeness (QED) is 0.138. The van der Waals surface area contributed by atoms with Crippen LogP contribution in [0.5, 0.6) is 5.75 Å². The standard InChI is InChI=1S/C33H31BrFN3O4/c34-29-13-5-4-11-26(29)21-33(32(40)38-36-22-23-8-6-12-27(35)20-23)30(24-9-2-1-3-10-24)42-31(37-33)25-14-16-28(17-15-25)41-19-7-18-39/h1-6,8-17,20,30,36,39H,7,18-19,21-22H2,(H,38,40)/t30-,33-/m0/s1. The third kappa shape index (κ3) is 6.87. The summed E-state index contributed by atoms with van der Waals surface area (Å²) in [6, 6.07) is 30.7. The first-order chi connectivity index (χ1) is 20.5. The molecule has 0 aliphatic carbocycles. The lowest BCUT2D eigenvalue weighted by Crippen LogP contribution is -2.53. The monoisotopic (exact) mass is 631 g/mol. The second-order valence-electron chi connectivity index (χ2n) is 9.91. The smallest absolute Gasteiger partial charge is 0.266 e. The number of benzene rings is 4. The maximum atomic E-state index is 14.2. The third-order valence-corrected chi connectivity index (χ3v) is 7.71. The van der Waals surface area contributed by atoms with Crippen molar-refractivity contribution in [2.45, 2.75) is 31.0 Å². The van der Waals surface area contributed by atoms with Crippen molar-refractivity contribution in [2.24, 2.45) is 4.99 Å². The fourth-order valence-corrected chi connectivity index (χ4v) is 5.25. The first kappa shape index (κ1) is 29.4. The zero-order chi connectivity index (χ0) is 29.4. The summed E-state index contributed by atoms with van der Waals surface area (Å²) >= 11 is 3.64. The topological polar surface area (TPSA) is 92.2 Å². The van der Waals surface area contributed by atoms with E-state index in [4.69, 9.17) is 19.6 Å². The minimum atomic E-state index is -1.38. The Balaban J connectivity index is 1.50. The molecule has 0 saturated heterocycles. The van der Waals surface area contributed by atoms with Crippen molar-refractivity contribution >= 4 is 27.7 Å². The third-order valence-electron chi connectivity index (χ3n) is 6.93. The number of nitrogens with zero attached hydrogens (tertiary/aromatic N) is 1. The minimum absolute atomic E-state index is 0.0579.